The molecule has 3 nitrogen and oxygen atoms in total. The third kappa shape index (κ3) is 1.97. The molecule has 3 atom stereocenters. The van der Waals surface area contributed by atoms with Crippen LogP contribution in [0.3, 0.4) is 0 Å². The number of hydrogen-bond acceptors (Lipinski definition) is 3. The Morgan fingerprint density at radius 2 is 2.00 bits per heavy atom. The van der Waals surface area contributed by atoms with E-state index in [2.05, 4.69) is 22.0 Å². The minimum absolute atomic E-state index is 0.465. The second-order valence-corrected chi connectivity index (χ2v) is 5.27. The summed E-state index contributed by atoms with van der Waals surface area (Å²) in [6, 6.07) is 6.61. The Hall–Kier alpha value is -0.930. The smallest absolute Gasteiger partial charge is 0.0543 e. The fourth-order valence-electron chi connectivity index (χ4n) is 3.29. The van der Waals surface area contributed by atoms with Crippen LogP contribution in [0.4, 0.5) is 0 Å². The second-order valence-electron chi connectivity index (χ2n) is 5.27. The maximum atomic E-state index is 5.99. The molecule has 2 aliphatic rings. The Morgan fingerprint density at radius 1 is 1.25 bits per heavy atom. The number of fused-ring (bicyclic) bond motifs is 1. The highest BCUT2D eigenvalue weighted by Gasteiger charge is 2.39. The molecule has 1 aliphatic heterocycles. The molecule has 1 aromatic heterocycles. The van der Waals surface area contributed by atoms with Crippen LogP contribution in [0.15, 0.2) is 24.4 Å². The summed E-state index contributed by atoms with van der Waals surface area (Å²) in [4.78, 5) is 6.92. The highest BCUT2D eigenvalue weighted by atomic mass is 15.2. The summed E-state index contributed by atoms with van der Waals surface area (Å²) in [7, 11) is 0. The molecule has 0 bridgehead atoms. The molecule has 2 fully saturated rings. The van der Waals surface area contributed by atoms with E-state index in [0.717, 1.165) is 18.4 Å². The van der Waals surface area contributed by atoms with Crippen LogP contribution in [0.25, 0.3) is 0 Å². The van der Waals surface area contributed by atoms with Crippen molar-refractivity contribution in [1.29, 1.82) is 0 Å². The first kappa shape index (κ1) is 10.2. The summed E-state index contributed by atoms with van der Waals surface area (Å²) in [5.74, 6) is 1.69. The summed E-state index contributed by atoms with van der Waals surface area (Å²) in [6.45, 7) is 3.44. The Morgan fingerprint density at radius 3 is 2.62 bits per heavy atom. The molecular weight excluding hydrogens is 198 g/mol. The van der Waals surface area contributed by atoms with Gasteiger partial charge in [0.15, 0.2) is 0 Å². The number of nitrogens with two attached hydrogens (primary N) is 1. The van der Waals surface area contributed by atoms with E-state index < -0.39 is 0 Å². The van der Waals surface area contributed by atoms with Gasteiger partial charge in [-0.25, -0.2) is 0 Å². The van der Waals surface area contributed by atoms with Crippen molar-refractivity contribution in [3.63, 3.8) is 0 Å². The van der Waals surface area contributed by atoms with E-state index in [4.69, 9.17) is 5.73 Å². The third-order valence-electron chi connectivity index (χ3n) is 3.97. The van der Waals surface area contributed by atoms with Gasteiger partial charge in [-0.1, -0.05) is 6.07 Å². The van der Waals surface area contributed by atoms with Crippen molar-refractivity contribution in [2.24, 2.45) is 17.6 Å². The average molecular weight is 217 g/mol. The van der Waals surface area contributed by atoms with E-state index in [-0.39, 0.29) is 0 Å². The Labute approximate surface area is 96.7 Å². The lowest BCUT2D eigenvalue weighted by Gasteiger charge is -2.16. The quantitative estimate of drug-likeness (QED) is 0.810. The molecule has 2 heterocycles. The lowest BCUT2D eigenvalue weighted by atomic mass is 10.0. The zero-order valence-electron chi connectivity index (χ0n) is 9.55. The Kier molecular flexibility index (Phi) is 2.65. The van der Waals surface area contributed by atoms with Crippen molar-refractivity contribution in [2.45, 2.75) is 25.4 Å². The van der Waals surface area contributed by atoms with Crippen molar-refractivity contribution in [1.82, 2.24) is 9.88 Å². The lowest BCUT2D eigenvalue weighted by Crippen LogP contribution is -2.25. The fourth-order valence-corrected chi connectivity index (χ4v) is 3.29. The Balaban J connectivity index is 1.60. The molecule has 0 radical (unpaired) electrons. The van der Waals surface area contributed by atoms with Crippen molar-refractivity contribution in [3.8, 4) is 0 Å². The number of nitrogens with zero attached hydrogens (tertiary/aromatic N) is 2. The van der Waals surface area contributed by atoms with Gasteiger partial charge in [0, 0.05) is 31.9 Å². The highest BCUT2D eigenvalue weighted by Crippen LogP contribution is 2.37. The predicted octanol–water partition coefficient (Wildman–Crippen LogP) is 1.25. The highest BCUT2D eigenvalue weighted by molar-refractivity contribution is 5.04. The SMILES string of the molecule is N[C@@H]1CC2CN(Cc3ccccn3)C[C@H]2C1. The monoisotopic (exact) mass is 217 g/mol. The van der Waals surface area contributed by atoms with Crippen LogP contribution in [-0.2, 0) is 6.54 Å². The summed E-state index contributed by atoms with van der Waals surface area (Å²) in [6.07, 6.45) is 4.33. The van der Waals surface area contributed by atoms with Crippen molar-refractivity contribution in [3.05, 3.63) is 30.1 Å². The molecule has 1 saturated carbocycles. The summed E-state index contributed by atoms with van der Waals surface area (Å²) in [5, 5.41) is 0. The first-order valence-corrected chi connectivity index (χ1v) is 6.19. The van der Waals surface area contributed by atoms with Gasteiger partial charge < -0.3 is 5.73 Å². The van der Waals surface area contributed by atoms with E-state index in [9.17, 15) is 0 Å². The number of pyridine rings is 1. The molecule has 2 N–H and O–H groups in total. The van der Waals surface area contributed by atoms with Crippen LogP contribution >= 0.6 is 0 Å². The van der Waals surface area contributed by atoms with Gasteiger partial charge in [-0.15, -0.1) is 0 Å². The first-order valence-electron chi connectivity index (χ1n) is 6.19. The minimum atomic E-state index is 0.465. The van der Waals surface area contributed by atoms with Crippen LogP contribution in [0.2, 0.25) is 0 Å². The minimum Gasteiger partial charge on any atom is -0.328 e. The zero-order chi connectivity index (χ0) is 11.0. The second kappa shape index (κ2) is 4.15. The molecule has 0 aromatic carbocycles. The molecule has 3 heteroatoms. The molecule has 1 unspecified atom stereocenters. The van der Waals surface area contributed by atoms with Gasteiger partial charge in [0.25, 0.3) is 0 Å². The maximum Gasteiger partial charge on any atom is 0.0543 e. The molecule has 1 aliphatic carbocycles. The number of likely N-dealkylation sites (tertiary alicyclic amines) is 1. The largest absolute Gasteiger partial charge is 0.328 e. The van der Waals surface area contributed by atoms with Crippen LogP contribution in [0, 0.1) is 11.8 Å². The van der Waals surface area contributed by atoms with E-state index in [1.54, 1.807) is 0 Å². The van der Waals surface area contributed by atoms with Gasteiger partial charge in [-0.2, -0.15) is 0 Å². The predicted molar refractivity (Wildman–Crippen MR) is 63.7 cm³/mol. The number of rotatable bonds is 2. The summed E-state index contributed by atoms with van der Waals surface area (Å²) >= 11 is 0. The molecule has 0 spiro atoms. The Bertz CT molecular complexity index is 337. The topological polar surface area (TPSA) is 42.1 Å². The van der Waals surface area contributed by atoms with E-state index in [1.807, 2.05) is 12.3 Å². The lowest BCUT2D eigenvalue weighted by molar-refractivity contribution is 0.296. The zero-order valence-corrected chi connectivity index (χ0v) is 9.55. The molecule has 16 heavy (non-hydrogen) atoms. The van der Waals surface area contributed by atoms with Gasteiger partial charge in [0.05, 0.1) is 5.69 Å². The van der Waals surface area contributed by atoms with Gasteiger partial charge in [-0.3, -0.25) is 9.88 Å². The van der Waals surface area contributed by atoms with Crippen LogP contribution in [-0.4, -0.2) is 29.0 Å². The van der Waals surface area contributed by atoms with Crippen LogP contribution < -0.4 is 5.73 Å². The standard InChI is InChI=1S/C13H19N3/c14-12-5-10-7-16(8-11(10)6-12)9-13-3-1-2-4-15-13/h1-4,10-12H,5-9,14H2/t10-,11?,12+/m1/s1. The maximum absolute atomic E-state index is 5.99. The molecule has 1 saturated heterocycles. The number of hydrogen-bond donors (Lipinski definition) is 1. The van der Waals surface area contributed by atoms with Crippen LogP contribution in [0.5, 0.6) is 0 Å². The van der Waals surface area contributed by atoms with Gasteiger partial charge >= 0.3 is 0 Å². The average Bonchev–Trinajstić information content (AvgIpc) is 2.76. The van der Waals surface area contributed by atoms with Crippen molar-refractivity contribution in [2.75, 3.05) is 13.1 Å². The molecule has 0 amide bonds. The van der Waals surface area contributed by atoms with Gasteiger partial charge in [-0.05, 0) is 36.8 Å². The third-order valence-corrected chi connectivity index (χ3v) is 3.97. The normalized spacial score (nSPS) is 34.2. The first-order chi connectivity index (χ1) is 7.81. The van der Waals surface area contributed by atoms with Gasteiger partial charge in [0.1, 0.15) is 0 Å². The van der Waals surface area contributed by atoms with E-state index >= 15 is 0 Å². The molecule has 86 valence electrons. The van der Waals surface area contributed by atoms with E-state index in [0.29, 0.717) is 6.04 Å². The van der Waals surface area contributed by atoms with Crippen molar-refractivity contribution < 1.29 is 0 Å². The number of aromatic nitrogens is 1. The summed E-state index contributed by atoms with van der Waals surface area (Å²) < 4.78 is 0. The van der Waals surface area contributed by atoms with Gasteiger partial charge in [0.2, 0.25) is 0 Å². The van der Waals surface area contributed by atoms with E-state index in [1.165, 1.54) is 31.6 Å². The summed E-state index contributed by atoms with van der Waals surface area (Å²) in [5.41, 5.74) is 7.18. The van der Waals surface area contributed by atoms with Crippen molar-refractivity contribution >= 4 is 0 Å². The molecule has 3 rings (SSSR count). The molecular formula is C13H19N3. The fraction of sp³-hybridized carbons (Fsp3) is 0.615. The molecule has 1 aromatic rings. The van der Waals surface area contributed by atoms with Crippen LogP contribution in [0.1, 0.15) is 18.5 Å².